The third kappa shape index (κ3) is 5.88. The van der Waals surface area contributed by atoms with E-state index in [2.05, 4.69) is 31.5 Å². The number of likely N-dealkylation sites (N-methyl/N-ethyl adjacent to an activating group) is 1. The van der Waals surface area contributed by atoms with E-state index < -0.39 is 0 Å². The molecule has 0 atom stereocenters. The van der Waals surface area contributed by atoms with Crippen LogP contribution in [0.15, 0.2) is 45.6 Å². The van der Waals surface area contributed by atoms with Crippen molar-refractivity contribution in [3.05, 3.63) is 51.3 Å². The lowest BCUT2D eigenvalue weighted by Gasteiger charge is -2.09. The smallest absolute Gasteiger partial charge is 0.257 e. The van der Waals surface area contributed by atoms with Crippen LogP contribution in [0, 0.1) is 0 Å². The molecule has 146 valence electrons. The highest BCUT2D eigenvalue weighted by atomic mass is 79.9. The number of thiophene rings is 1. The van der Waals surface area contributed by atoms with Crippen molar-refractivity contribution in [1.29, 1.82) is 0 Å². The van der Waals surface area contributed by atoms with E-state index in [1.54, 1.807) is 35.6 Å². The number of hydrogen-bond donors (Lipinski definition) is 2. The number of thiazole rings is 1. The van der Waals surface area contributed by atoms with Crippen LogP contribution in [-0.4, -0.2) is 29.9 Å². The summed E-state index contributed by atoms with van der Waals surface area (Å²) < 4.78 is 6.46. The Morgan fingerprint density at radius 3 is 2.79 bits per heavy atom. The maximum absolute atomic E-state index is 12.3. The van der Waals surface area contributed by atoms with Crippen molar-refractivity contribution in [3.63, 3.8) is 0 Å². The average molecular weight is 480 g/mol. The van der Waals surface area contributed by atoms with Crippen molar-refractivity contribution in [3.8, 4) is 15.6 Å². The van der Waals surface area contributed by atoms with Crippen molar-refractivity contribution in [2.45, 2.75) is 13.3 Å². The number of nitrogens with one attached hydrogen (secondary N) is 2. The molecule has 0 fully saturated rings. The first-order valence-electron chi connectivity index (χ1n) is 8.51. The van der Waals surface area contributed by atoms with Gasteiger partial charge in [0.2, 0.25) is 5.91 Å². The van der Waals surface area contributed by atoms with Gasteiger partial charge in [-0.2, -0.15) is 0 Å². The highest BCUT2D eigenvalue weighted by molar-refractivity contribution is 9.10. The van der Waals surface area contributed by atoms with E-state index in [1.807, 2.05) is 23.8 Å². The zero-order chi connectivity index (χ0) is 19.9. The molecule has 0 aliphatic carbocycles. The number of nitrogens with zero attached hydrogens (tertiary/aromatic N) is 1. The van der Waals surface area contributed by atoms with Crippen LogP contribution < -0.4 is 15.4 Å². The van der Waals surface area contributed by atoms with Gasteiger partial charge in [-0.15, -0.1) is 22.7 Å². The summed E-state index contributed by atoms with van der Waals surface area (Å²) in [5, 5.41) is 10.3. The van der Waals surface area contributed by atoms with Crippen LogP contribution in [0.1, 0.15) is 12.6 Å². The van der Waals surface area contributed by atoms with E-state index in [4.69, 9.17) is 4.74 Å². The van der Waals surface area contributed by atoms with Crippen LogP contribution in [0.25, 0.3) is 9.88 Å². The number of halogens is 1. The highest BCUT2D eigenvalue weighted by Crippen LogP contribution is 2.32. The molecular formula is C19H18BrN3O3S2. The molecule has 0 saturated heterocycles. The first kappa shape index (κ1) is 20.5. The fraction of sp³-hybridized carbons (Fsp3) is 0.211. The highest BCUT2D eigenvalue weighted by Gasteiger charge is 2.11. The topological polar surface area (TPSA) is 80.3 Å². The van der Waals surface area contributed by atoms with E-state index in [9.17, 15) is 9.59 Å². The van der Waals surface area contributed by atoms with Crippen molar-refractivity contribution in [2.75, 3.05) is 18.5 Å². The minimum Gasteiger partial charge on any atom is -0.484 e. The molecule has 3 rings (SSSR count). The number of benzene rings is 1. The van der Waals surface area contributed by atoms with Gasteiger partial charge in [-0.1, -0.05) is 6.07 Å². The molecule has 9 heteroatoms. The molecule has 1 aromatic carbocycles. The molecule has 2 aromatic heterocycles. The Labute approximate surface area is 179 Å². The summed E-state index contributed by atoms with van der Waals surface area (Å²) in [7, 11) is 0. The standard InChI is InChI=1S/C19H18BrN3O3S2/c1-2-21-18(25)9-26-15-5-3-4-13(7-15)22-17(24)8-14-11-28-19(23-14)16-6-12(20)10-27-16/h3-7,10-11H,2,8-9H2,1H3,(H,21,25)(H,22,24). The molecule has 2 N–H and O–H groups in total. The molecule has 0 bridgehead atoms. The minimum absolute atomic E-state index is 0.0638. The lowest BCUT2D eigenvalue weighted by atomic mass is 10.2. The SMILES string of the molecule is CCNC(=O)COc1cccc(NC(=O)Cc2csc(-c3cc(Br)cs3)n2)c1. The van der Waals surface area contributed by atoms with E-state index in [0.717, 1.165) is 20.1 Å². The van der Waals surface area contributed by atoms with Gasteiger partial charge in [-0.3, -0.25) is 9.59 Å². The van der Waals surface area contributed by atoms with Crippen LogP contribution in [0.5, 0.6) is 5.75 Å². The molecule has 28 heavy (non-hydrogen) atoms. The van der Waals surface area contributed by atoms with Crippen molar-refractivity contribution in [2.24, 2.45) is 0 Å². The summed E-state index contributed by atoms with van der Waals surface area (Å²) in [6.07, 6.45) is 0.188. The summed E-state index contributed by atoms with van der Waals surface area (Å²) in [6.45, 7) is 2.34. The van der Waals surface area contributed by atoms with Gasteiger partial charge in [0.25, 0.3) is 5.91 Å². The van der Waals surface area contributed by atoms with Gasteiger partial charge in [0, 0.05) is 33.5 Å². The molecule has 2 heterocycles. The predicted molar refractivity (Wildman–Crippen MR) is 116 cm³/mol. The Hall–Kier alpha value is -2.23. The molecule has 6 nitrogen and oxygen atoms in total. The number of amides is 2. The lowest BCUT2D eigenvalue weighted by Crippen LogP contribution is -2.28. The second-order valence-electron chi connectivity index (χ2n) is 5.77. The van der Waals surface area contributed by atoms with Gasteiger partial charge in [0.1, 0.15) is 10.8 Å². The van der Waals surface area contributed by atoms with Gasteiger partial charge in [-0.25, -0.2) is 4.98 Å². The third-order valence-corrected chi connectivity index (χ3v) is 6.28. The fourth-order valence-corrected chi connectivity index (χ4v) is 4.68. The Morgan fingerprint density at radius 1 is 1.18 bits per heavy atom. The Bertz CT molecular complexity index is 971. The Morgan fingerprint density at radius 2 is 2.04 bits per heavy atom. The largest absolute Gasteiger partial charge is 0.484 e. The summed E-state index contributed by atoms with van der Waals surface area (Å²) >= 11 is 6.56. The Kier molecular flexibility index (Phi) is 7.18. The van der Waals surface area contributed by atoms with Gasteiger partial charge in [-0.05, 0) is 41.1 Å². The molecule has 2 amide bonds. The van der Waals surface area contributed by atoms with Crippen LogP contribution >= 0.6 is 38.6 Å². The van der Waals surface area contributed by atoms with Crippen molar-refractivity contribution in [1.82, 2.24) is 10.3 Å². The molecule has 0 unspecified atom stereocenters. The van der Waals surface area contributed by atoms with Crippen LogP contribution in [0.4, 0.5) is 5.69 Å². The maximum atomic E-state index is 12.3. The number of ether oxygens (including phenoxy) is 1. The molecule has 0 aliphatic heterocycles. The van der Waals surface area contributed by atoms with Gasteiger partial charge in [0.15, 0.2) is 6.61 Å². The molecule has 0 saturated carbocycles. The quantitative estimate of drug-likeness (QED) is 0.503. The number of anilines is 1. The maximum Gasteiger partial charge on any atom is 0.257 e. The average Bonchev–Trinajstić information content (AvgIpc) is 3.29. The summed E-state index contributed by atoms with van der Waals surface area (Å²) in [5.74, 6) is 0.169. The monoisotopic (exact) mass is 479 g/mol. The van der Waals surface area contributed by atoms with Crippen molar-refractivity contribution < 1.29 is 14.3 Å². The summed E-state index contributed by atoms with van der Waals surface area (Å²) in [5.41, 5.74) is 1.33. The van der Waals surface area contributed by atoms with Crippen LogP contribution in [0.3, 0.4) is 0 Å². The zero-order valence-electron chi connectivity index (χ0n) is 15.0. The third-order valence-electron chi connectivity index (χ3n) is 3.53. The zero-order valence-corrected chi connectivity index (χ0v) is 18.2. The first-order valence-corrected chi connectivity index (χ1v) is 11.1. The van der Waals surface area contributed by atoms with Gasteiger partial charge in [0.05, 0.1) is 17.0 Å². The number of carbonyl (C=O) groups is 2. The Balaban J connectivity index is 1.55. The van der Waals surface area contributed by atoms with Crippen LogP contribution in [0.2, 0.25) is 0 Å². The minimum atomic E-state index is -0.186. The first-order chi connectivity index (χ1) is 13.5. The van der Waals surface area contributed by atoms with Gasteiger partial charge < -0.3 is 15.4 Å². The fourth-order valence-electron chi connectivity index (χ4n) is 2.36. The lowest BCUT2D eigenvalue weighted by molar-refractivity contribution is -0.123. The summed E-state index contributed by atoms with van der Waals surface area (Å²) in [6, 6.07) is 8.97. The summed E-state index contributed by atoms with van der Waals surface area (Å²) in [4.78, 5) is 29.4. The number of hydrogen-bond acceptors (Lipinski definition) is 6. The van der Waals surface area contributed by atoms with E-state index in [0.29, 0.717) is 18.0 Å². The van der Waals surface area contributed by atoms with Crippen LogP contribution in [-0.2, 0) is 16.0 Å². The molecule has 0 spiro atoms. The van der Waals surface area contributed by atoms with E-state index in [1.165, 1.54) is 11.3 Å². The second-order valence-corrected chi connectivity index (χ2v) is 8.45. The van der Waals surface area contributed by atoms with E-state index in [-0.39, 0.29) is 24.8 Å². The number of rotatable bonds is 8. The molecule has 3 aromatic rings. The van der Waals surface area contributed by atoms with Crippen molar-refractivity contribution >= 4 is 56.1 Å². The van der Waals surface area contributed by atoms with Gasteiger partial charge >= 0.3 is 0 Å². The molecule has 0 aliphatic rings. The number of aromatic nitrogens is 1. The molecule has 0 radical (unpaired) electrons. The number of carbonyl (C=O) groups excluding carboxylic acids is 2. The molecular weight excluding hydrogens is 462 g/mol. The normalized spacial score (nSPS) is 10.5. The second kappa shape index (κ2) is 9.81. The predicted octanol–water partition coefficient (Wildman–Crippen LogP) is 4.33. The van der Waals surface area contributed by atoms with E-state index >= 15 is 0 Å².